The van der Waals surface area contributed by atoms with Crippen LogP contribution in [0.15, 0.2) is 50.6 Å². The van der Waals surface area contributed by atoms with Gasteiger partial charge in [0, 0.05) is 11.3 Å². The van der Waals surface area contributed by atoms with Crippen LogP contribution in [0.25, 0.3) is 11.3 Å². The van der Waals surface area contributed by atoms with Gasteiger partial charge in [0.25, 0.3) is 5.69 Å². The van der Waals surface area contributed by atoms with E-state index in [9.17, 15) is 14.9 Å². The summed E-state index contributed by atoms with van der Waals surface area (Å²) >= 11 is 3.13. The average molecular weight is 427 g/mol. The molecule has 0 amide bonds. The van der Waals surface area contributed by atoms with Crippen molar-refractivity contribution in [1.29, 1.82) is 0 Å². The Labute approximate surface area is 174 Å². The molecule has 2 aromatic heterocycles. The molecule has 2 saturated carbocycles. The van der Waals surface area contributed by atoms with Crippen LogP contribution in [0.4, 0.5) is 5.69 Å². The van der Waals surface area contributed by atoms with Gasteiger partial charge in [-0.2, -0.15) is 0 Å². The lowest BCUT2D eigenvalue weighted by molar-refractivity contribution is -0.384. The van der Waals surface area contributed by atoms with Gasteiger partial charge in [0.05, 0.1) is 26.3 Å². The number of nitro groups is 1. The molecule has 0 saturated heterocycles. The van der Waals surface area contributed by atoms with Crippen molar-refractivity contribution in [2.45, 2.75) is 35.5 Å². The minimum atomic E-state index is -0.378. The number of H-pyrrole nitrogens is 1. The van der Waals surface area contributed by atoms with Crippen molar-refractivity contribution in [2.24, 2.45) is 17.8 Å². The van der Waals surface area contributed by atoms with Crippen LogP contribution in [-0.4, -0.2) is 15.2 Å². The lowest BCUT2D eigenvalue weighted by Crippen LogP contribution is -2.33. The summed E-state index contributed by atoms with van der Waals surface area (Å²) in [6.45, 7) is 0. The summed E-state index contributed by atoms with van der Waals surface area (Å²) in [5.41, 5.74) is 0.526. The molecule has 6 nitrogen and oxygen atoms in total. The largest absolute Gasteiger partial charge is 0.460 e. The van der Waals surface area contributed by atoms with Crippen molar-refractivity contribution in [3.63, 3.8) is 0 Å². The van der Waals surface area contributed by atoms with E-state index < -0.39 is 0 Å². The van der Waals surface area contributed by atoms with E-state index in [2.05, 4.69) is 4.98 Å². The van der Waals surface area contributed by atoms with Gasteiger partial charge in [-0.25, -0.2) is 0 Å². The first kappa shape index (κ1) is 17.5. The standard InChI is InChI=1S/C21H18N2O4S2/c24-21-22-20-19(29-21)17(16-10-5-6-11(9-10)18(16)28-20)15-8-7-14(27-15)12-3-1-2-4-13(12)23(25)26/h1-4,7-8,10-11,16-18H,5-6,9H2,(H,22,24)/t10-,11-,16-,17+,18-/m0/s1. The predicted molar refractivity (Wildman–Crippen MR) is 112 cm³/mol. The zero-order valence-corrected chi connectivity index (χ0v) is 17.0. The quantitative estimate of drug-likeness (QED) is 0.456. The van der Waals surface area contributed by atoms with Crippen LogP contribution < -0.4 is 4.87 Å². The number of thiazole rings is 1. The second-order valence-electron chi connectivity index (χ2n) is 8.15. The van der Waals surface area contributed by atoms with Crippen molar-refractivity contribution < 1.29 is 9.34 Å². The van der Waals surface area contributed by atoms with E-state index in [-0.39, 0.29) is 21.4 Å². The monoisotopic (exact) mass is 426 g/mol. The Kier molecular flexibility index (Phi) is 3.83. The van der Waals surface area contributed by atoms with Crippen LogP contribution in [0.3, 0.4) is 0 Å². The summed E-state index contributed by atoms with van der Waals surface area (Å²) in [7, 11) is 0. The molecule has 1 aliphatic heterocycles. The molecule has 29 heavy (non-hydrogen) atoms. The first-order valence-electron chi connectivity index (χ1n) is 9.83. The first-order chi connectivity index (χ1) is 14.1. The molecule has 6 rings (SSSR count). The highest BCUT2D eigenvalue weighted by Gasteiger charge is 2.55. The molecule has 3 heterocycles. The zero-order chi connectivity index (χ0) is 19.7. The Hall–Kier alpha value is -2.32. The molecule has 2 aliphatic carbocycles. The number of hydrogen-bond acceptors (Lipinski definition) is 6. The second kappa shape index (κ2) is 6.34. The van der Waals surface area contributed by atoms with Crippen LogP contribution in [-0.2, 0) is 0 Å². The maximum absolute atomic E-state index is 12.1. The van der Waals surface area contributed by atoms with Crippen molar-refractivity contribution in [3.8, 4) is 11.3 Å². The summed E-state index contributed by atoms with van der Waals surface area (Å²) in [5, 5.41) is 12.9. The molecule has 3 aromatic rings. The molecule has 3 aliphatic rings. The van der Waals surface area contributed by atoms with Crippen molar-refractivity contribution in [3.05, 3.63) is 66.8 Å². The van der Waals surface area contributed by atoms with Gasteiger partial charge >= 0.3 is 4.87 Å². The van der Waals surface area contributed by atoms with E-state index in [0.717, 1.165) is 15.7 Å². The van der Waals surface area contributed by atoms with Crippen LogP contribution in [0.2, 0.25) is 0 Å². The number of benzene rings is 1. The van der Waals surface area contributed by atoms with E-state index in [1.165, 1.54) is 36.7 Å². The third-order valence-electron chi connectivity index (χ3n) is 6.76. The Bertz CT molecular complexity index is 1180. The highest BCUT2D eigenvalue weighted by molar-refractivity contribution is 8.00. The second-order valence-corrected chi connectivity index (χ2v) is 10.4. The number of furan rings is 1. The predicted octanol–water partition coefficient (Wildman–Crippen LogP) is 5.26. The Morgan fingerprint density at radius 2 is 1.97 bits per heavy atom. The zero-order valence-electron chi connectivity index (χ0n) is 15.4. The number of hydrogen-bond donors (Lipinski definition) is 1. The van der Waals surface area contributed by atoms with Gasteiger partial charge in [-0.1, -0.05) is 23.5 Å². The van der Waals surface area contributed by atoms with Gasteiger partial charge in [-0.3, -0.25) is 14.9 Å². The molecule has 148 valence electrons. The summed E-state index contributed by atoms with van der Waals surface area (Å²) in [6, 6.07) is 10.4. The molecule has 1 aromatic carbocycles. The van der Waals surface area contributed by atoms with Crippen LogP contribution in [0.1, 0.15) is 35.8 Å². The lowest BCUT2D eigenvalue weighted by atomic mass is 9.77. The van der Waals surface area contributed by atoms with Crippen LogP contribution in [0, 0.1) is 27.9 Å². The van der Waals surface area contributed by atoms with E-state index in [4.69, 9.17) is 4.42 Å². The molecular weight excluding hydrogens is 408 g/mol. The molecule has 1 N–H and O–H groups in total. The highest BCUT2D eigenvalue weighted by atomic mass is 32.2. The van der Waals surface area contributed by atoms with E-state index >= 15 is 0 Å². The number of nitrogens with one attached hydrogen (secondary N) is 1. The summed E-state index contributed by atoms with van der Waals surface area (Å²) in [5.74, 6) is 3.20. The maximum Gasteiger partial charge on any atom is 0.305 e. The molecule has 2 fully saturated rings. The summed E-state index contributed by atoms with van der Waals surface area (Å²) in [4.78, 5) is 27.2. The first-order valence-corrected chi connectivity index (χ1v) is 11.5. The number of nitrogens with zero attached hydrogens (tertiary/aromatic N) is 1. The van der Waals surface area contributed by atoms with Gasteiger partial charge in [0.15, 0.2) is 0 Å². The molecular formula is C21H18N2O4S2. The van der Waals surface area contributed by atoms with E-state index in [0.29, 0.717) is 34.3 Å². The number of nitro benzene ring substituents is 1. The smallest absolute Gasteiger partial charge is 0.305 e. The molecule has 5 atom stereocenters. The van der Waals surface area contributed by atoms with E-state index in [1.807, 2.05) is 23.9 Å². The maximum atomic E-state index is 12.1. The fraction of sp³-hybridized carbons (Fsp3) is 0.381. The van der Waals surface area contributed by atoms with Gasteiger partial charge in [0.2, 0.25) is 0 Å². The van der Waals surface area contributed by atoms with Crippen molar-refractivity contribution >= 4 is 28.8 Å². The number of aromatic nitrogens is 1. The van der Waals surface area contributed by atoms with Gasteiger partial charge < -0.3 is 9.40 Å². The van der Waals surface area contributed by atoms with Gasteiger partial charge in [-0.05, 0) is 55.2 Å². The number of para-hydroxylation sites is 1. The third-order valence-corrected chi connectivity index (χ3v) is 9.39. The third kappa shape index (κ3) is 2.58. The van der Waals surface area contributed by atoms with Crippen molar-refractivity contribution in [2.75, 3.05) is 0 Å². The normalized spacial score (nSPS) is 29.6. The molecule has 2 bridgehead atoms. The molecule has 0 radical (unpaired) electrons. The van der Waals surface area contributed by atoms with Gasteiger partial charge in [0.1, 0.15) is 11.5 Å². The number of aromatic amines is 1. The number of rotatable bonds is 3. The van der Waals surface area contributed by atoms with Crippen molar-refractivity contribution in [1.82, 2.24) is 4.98 Å². The number of fused-ring (bicyclic) bond motifs is 6. The SMILES string of the molecule is O=c1[nH]c2c(s1)[C@H](c1ccc(-c3ccccc3[N+](=O)[O-])o1)[C@@H]1[C@H]3CC[C@@H](C3)[C@@H]1S2. The average Bonchev–Trinajstić information content (AvgIpc) is 3.49. The summed E-state index contributed by atoms with van der Waals surface area (Å²) < 4.78 is 6.26. The van der Waals surface area contributed by atoms with E-state index in [1.54, 1.807) is 18.2 Å². The van der Waals surface area contributed by atoms with Crippen LogP contribution in [0.5, 0.6) is 0 Å². The lowest BCUT2D eigenvalue weighted by Gasteiger charge is -2.38. The topological polar surface area (TPSA) is 89.1 Å². The molecule has 8 heteroatoms. The number of thioether (sulfide) groups is 1. The fourth-order valence-electron chi connectivity index (χ4n) is 5.67. The molecule has 0 unspecified atom stereocenters. The fourth-order valence-corrected chi connectivity index (χ4v) is 8.55. The van der Waals surface area contributed by atoms with Crippen LogP contribution >= 0.6 is 23.1 Å². The van der Waals surface area contributed by atoms with Gasteiger partial charge in [-0.15, -0.1) is 11.8 Å². The minimum Gasteiger partial charge on any atom is -0.460 e. The Morgan fingerprint density at radius 3 is 2.83 bits per heavy atom. The highest BCUT2D eigenvalue weighted by Crippen LogP contribution is 2.63. The Balaban J connectivity index is 1.47. The minimum absolute atomic E-state index is 0.0229. The summed E-state index contributed by atoms with van der Waals surface area (Å²) in [6.07, 6.45) is 3.78. The molecule has 0 spiro atoms. The Morgan fingerprint density at radius 1 is 1.14 bits per heavy atom.